The highest BCUT2D eigenvalue weighted by Gasteiger charge is 2.29. The van der Waals surface area contributed by atoms with E-state index in [1.807, 2.05) is 19.1 Å². The maximum atomic E-state index is 13.3. The van der Waals surface area contributed by atoms with Crippen molar-refractivity contribution < 1.29 is 9.13 Å². The monoisotopic (exact) mass is 331 g/mol. The number of rotatable bonds is 7. The molecule has 2 nitrogen and oxygen atoms in total. The van der Waals surface area contributed by atoms with Gasteiger partial charge in [0.2, 0.25) is 0 Å². The van der Waals surface area contributed by atoms with Gasteiger partial charge in [-0.15, -0.1) is 0 Å². The number of benzene rings is 1. The second-order valence-electron chi connectivity index (χ2n) is 5.10. The summed E-state index contributed by atoms with van der Waals surface area (Å²) in [5.74, 6) is -0.229. The fourth-order valence-electron chi connectivity index (χ4n) is 2.19. The van der Waals surface area contributed by atoms with E-state index >= 15 is 0 Å². The van der Waals surface area contributed by atoms with Crippen LogP contribution in [0.2, 0.25) is 0 Å². The summed E-state index contributed by atoms with van der Waals surface area (Å²) >= 11 is 3.23. The van der Waals surface area contributed by atoms with Gasteiger partial charge in [-0.3, -0.25) is 0 Å². The van der Waals surface area contributed by atoms with Crippen molar-refractivity contribution in [2.45, 2.75) is 45.8 Å². The van der Waals surface area contributed by atoms with Crippen molar-refractivity contribution in [2.24, 2.45) is 0 Å². The maximum absolute atomic E-state index is 13.3. The SMILES string of the molecule is CCNC(Cc1ccc(F)c(Br)c1)C(C)(C)OCC. The Kier molecular flexibility index (Phi) is 6.43. The number of hydrogen-bond donors (Lipinski definition) is 1. The lowest BCUT2D eigenvalue weighted by Crippen LogP contribution is -2.50. The maximum Gasteiger partial charge on any atom is 0.137 e. The summed E-state index contributed by atoms with van der Waals surface area (Å²) in [6.07, 6.45) is 0.805. The first-order valence-corrected chi connectivity index (χ1v) is 7.51. The second kappa shape index (κ2) is 7.36. The van der Waals surface area contributed by atoms with Crippen molar-refractivity contribution in [1.29, 1.82) is 0 Å². The minimum absolute atomic E-state index is 0.190. The molecular weight excluding hydrogens is 309 g/mol. The quantitative estimate of drug-likeness (QED) is 0.817. The van der Waals surface area contributed by atoms with Crippen molar-refractivity contribution in [3.05, 3.63) is 34.1 Å². The molecule has 4 heteroatoms. The summed E-state index contributed by atoms with van der Waals surface area (Å²) < 4.78 is 19.6. The number of likely N-dealkylation sites (N-methyl/N-ethyl adjacent to an activating group) is 1. The third kappa shape index (κ3) is 4.86. The average molecular weight is 332 g/mol. The van der Waals surface area contributed by atoms with E-state index in [1.165, 1.54) is 6.07 Å². The molecule has 0 radical (unpaired) electrons. The first-order valence-electron chi connectivity index (χ1n) is 6.72. The normalized spacial score (nSPS) is 13.6. The van der Waals surface area contributed by atoms with E-state index in [-0.39, 0.29) is 17.5 Å². The van der Waals surface area contributed by atoms with Crippen molar-refractivity contribution in [3.8, 4) is 0 Å². The van der Waals surface area contributed by atoms with Crippen LogP contribution < -0.4 is 5.32 Å². The van der Waals surface area contributed by atoms with Crippen LogP contribution in [0.25, 0.3) is 0 Å². The van der Waals surface area contributed by atoms with Gasteiger partial charge in [0.1, 0.15) is 5.82 Å². The zero-order valence-electron chi connectivity index (χ0n) is 12.1. The fourth-order valence-corrected chi connectivity index (χ4v) is 2.61. The molecule has 1 unspecified atom stereocenters. The summed E-state index contributed by atoms with van der Waals surface area (Å²) in [6.45, 7) is 9.81. The van der Waals surface area contributed by atoms with Gasteiger partial charge in [0.25, 0.3) is 0 Å². The standard InChI is InChI=1S/C15H23BrFNO/c1-5-18-14(15(3,4)19-6-2)10-11-7-8-13(17)12(16)9-11/h7-9,14,18H,5-6,10H2,1-4H3. The Morgan fingerprint density at radius 3 is 2.58 bits per heavy atom. The molecule has 0 aliphatic carbocycles. The fraction of sp³-hybridized carbons (Fsp3) is 0.600. The summed E-state index contributed by atoms with van der Waals surface area (Å²) in [5, 5.41) is 3.46. The minimum Gasteiger partial charge on any atom is -0.374 e. The van der Waals surface area contributed by atoms with Crippen LogP contribution in [0.4, 0.5) is 4.39 Å². The molecule has 19 heavy (non-hydrogen) atoms. The predicted octanol–water partition coefficient (Wildman–Crippen LogP) is 3.92. The van der Waals surface area contributed by atoms with E-state index in [9.17, 15) is 4.39 Å². The van der Waals surface area contributed by atoms with Gasteiger partial charge < -0.3 is 10.1 Å². The molecule has 1 rings (SSSR count). The lowest BCUT2D eigenvalue weighted by molar-refractivity contribution is -0.0376. The largest absolute Gasteiger partial charge is 0.374 e. The van der Waals surface area contributed by atoms with Crippen molar-refractivity contribution in [3.63, 3.8) is 0 Å². The zero-order valence-corrected chi connectivity index (χ0v) is 13.7. The molecule has 1 aromatic carbocycles. The van der Waals surface area contributed by atoms with Crippen LogP contribution in [0, 0.1) is 5.82 Å². The summed E-state index contributed by atoms with van der Waals surface area (Å²) in [6, 6.07) is 5.35. The molecule has 0 spiro atoms. The molecule has 0 saturated heterocycles. The van der Waals surface area contributed by atoms with E-state index < -0.39 is 0 Å². The molecule has 0 aromatic heterocycles. The van der Waals surface area contributed by atoms with E-state index in [2.05, 4.69) is 42.0 Å². The third-order valence-electron chi connectivity index (χ3n) is 3.23. The highest BCUT2D eigenvalue weighted by molar-refractivity contribution is 9.10. The molecule has 0 aliphatic rings. The predicted molar refractivity (Wildman–Crippen MR) is 81.0 cm³/mol. The van der Waals surface area contributed by atoms with Gasteiger partial charge in [0.05, 0.1) is 10.1 Å². The molecule has 0 fully saturated rings. The Labute approximate surface area is 123 Å². The molecule has 1 atom stereocenters. The van der Waals surface area contributed by atoms with Crippen LogP contribution >= 0.6 is 15.9 Å². The lowest BCUT2D eigenvalue weighted by atomic mass is 9.92. The van der Waals surface area contributed by atoms with Gasteiger partial charge in [-0.1, -0.05) is 13.0 Å². The summed E-state index contributed by atoms with van der Waals surface area (Å²) in [4.78, 5) is 0. The molecule has 1 N–H and O–H groups in total. The smallest absolute Gasteiger partial charge is 0.137 e. The molecule has 108 valence electrons. The van der Waals surface area contributed by atoms with Crippen molar-refractivity contribution in [2.75, 3.05) is 13.2 Å². The zero-order chi connectivity index (χ0) is 14.5. The summed E-state index contributed by atoms with van der Waals surface area (Å²) in [5.41, 5.74) is 0.832. The van der Waals surface area contributed by atoms with E-state index in [4.69, 9.17) is 4.74 Å². The second-order valence-corrected chi connectivity index (χ2v) is 5.95. The van der Waals surface area contributed by atoms with Crippen LogP contribution in [0.3, 0.4) is 0 Å². The molecule has 0 aliphatic heterocycles. The van der Waals surface area contributed by atoms with Crippen LogP contribution in [-0.4, -0.2) is 24.8 Å². The first-order chi connectivity index (χ1) is 8.90. The molecule has 0 bridgehead atoms. The van der Waals surface area contributed by atoms with E-state index in [0.717, 1.165) is 18.5 Å². The Morgan fingerprint density at radius 1 is 1.37 bits per heavy atom. The van der Waals surface area contributed by atoms with Crippen LogP contribution in [0.1, 0.15) is 33.3 Å². The van der Waals surface area contributed by atoms with Gasteiger partial charge in [-0.05, 0) is 67.4 Å². The Bertz CT molecular complexity index is 409. The lowest BCUT2D eigenvalue weighted by Gasteiger charge is -2.35. The van der Waals surface area contributed by atoms with Gasteiger partial charge in [0, 0.05) is 12.6 Å². The van der Waals surface area contributed by atoms with Crippen LogP contribution in [-0.2, 0) is 11.2 Å². The van der Waals surface area contributed by atoms with E-state index in [0.29, 0.717) is 11.1 Å². The topological polar surface area (TPSA) is 21.3 Å². The summed E-state index contributed by atoms with van der Waals surface area (Å²) in [7, 11) is 0. The van der Waals surface area contributed by atoms with Gasteiger partial charge >= 0.3 is 0 Å². The van der Waals surface area contributed by atoms with Crippen molar-refractivity contribution >= 4 is 15.9 Å². The number of hydrogen-bond acceptors (Lipinski definition) is 2. The molecular formula is C15H23BrFNO. The molecule has 1 aromatic rings. The number of halogens is 2. The Morgan fingerprint density at radius 2 is 2.05 bits per heavy atom. The first kappa shape index (κ1) is 16.6. The highest BCUT2D eigenvalue weighted by atomic mass is 79.9. The van der Waals surface area contributed by atoms with Crippen LogP contribution in [0.15, 0.2) is 22.7 Å². The Balaban J connectivity index is 2.85. The molecule has 0 heterocycles. The Hall–Kier alpha value is -0.450. The third-order valence-corrected chi connectivity index (χ3v) is 3.84. The minimum atomic E-state index is -0.258. The van der Waals surface area contributed by atoms with Crippen molar-refractivity contribution in [1.82, 2.24) is 5.32 Å². The number of nitrogens with one attached hydrogen (secondary N) is 1. The van der Waals surface area contributed by atoms with Gasteiger partial charge in [0.15, 0.2) is 0 Å². The highest BCUT2D eigenvalue weighted by Crippen LogP contribution is 2.22. The average Bonchev–Trinajstić information content (AvgIpc) is 2.33. The molecule has 0 saturated carbocycles. The van der Waals surface area contributed by atoms with Crippen LogP contribution in [0.5, 0.6) is 0 Å². The molecule has 0 amide bonds. The van der Waals surface area contributed by atoms with E-state index in [1.54, 1.807) is 0 Å². The van der Waals surface area contributed by atoms with Gasteiger partial charge in [-0.25, -0.2) is 4.39 Å². The number of ether oxygens (including phenoxy) is 1. The van der Waals surface area contributed by atoms with Gasteiger partial charge in [-0.2, -0.15) is 0 Å².